The Hall–Kier alpha value is -1.47. The lowest BCUT2D eigenvalue weighted by atomic mass is 9.99. The second kappa shape index (κ2) is 8.07. The Morgan fingerprint density at radius 1 is 1.33 bits per heavy atom. The summed E-state index contributed by atoms with van der Waals surface area (Å²) in [6.07, 6.45) is 0.0759. The minimum Gasteiger partial charge on any atom is -0.371 e. The van der Waals surface area contributed by atoms with Crippen LogP contribution in [0.5, 0.6) is 0 Å². The van der Waals surface area contributed by atoms with Crippen LogP contribution in [0, 0.1) is 13.8 Å². The van der Waals surface area contributed by atoms with Gasteiger partial charge in [0.1, 0.15) is 0 Å². The zero-order valence-electron chi connectivity index (χ0n) is 14.4. The van der Waals surface area contributed by atoms with Crippen molar-refractivity contribution < 1.29 is 9.26 Å². The first-order valence-corrected chi connectivity index (χ1v) is 8.01. The molecular weight excluding hydrogens is 328 g/mol. The summed E-state index contributed by atoms with van der Waals surface area (Å²) in [6.45, 7) is 8.83. The van der Waals surface area contributed by atoms with Crippen molar-refractivity contribution in [3.63, 3.8) is 0 Å². The first kappa shape index (κ1) is 18.9. The van der Waals surface area contributed by atoms with E-state index in [0.717, 1.165) is 6.54 Å². The molecule has 1 aliphatic heterocycles. The van der Waals surface area contributed by atoms with E-state index in [1.165, 1.54) is 16.7 Å². The topological polar surface area (TPSA) is 77.4 Å². The third-order valence-corrected chi connectivity index (χ3v) is 4.37. The fourth-order valence-electron chi connectivity index (χ4n) is 2.94. The summed E-state index contributed by atoms with van der Waals surface area (Å²) < 4.78 is 11.2. The summed E-state index contributed by atoms with van der Waals surface area (Å²) in [5, 5.41) is 4.00. The first-order chi connectivity index (χ1) is 11.1. The molecule has 0 amide bonds. The highest BCUT2D eigenvalue weighted by molar-refractivity contribution is 5.85. The molecule has 0 spiro atoms. The Kier molecular flexibility index (Phi) is 6.34. The number of benzene rings is 1. The zero-order valence-corrected chi connectivity index (χ0v) is 15.2. The van der Waals surface area contributed by atoms with E-state index in [-0.39, 0.29) is 25.1 Å². The van der Waals surface area contributed by atoms with Gasteiger partial charge in [-0.3, -0.25) is 4.90 Å². The van der Waals surface area contributed by atoms with E-state index in [0.29, 0.717) is 30.9 Å². The minimum absolute atomic E-state index is 0. The van der Waals surface area contributed by atoms with Gasteiger partial charge in [-0.05, 0) is 31.9 Å². The normalized spacial score (nSPS) is 21.5. The molecule has 1 aromatic carbocycles. The van der Waals surface area contributed by atoms with Gasteiger partial charge in [0, 0.05) is 12.6 Å². The lowest BCUT2D eigenvalue weighted by Gasteiger charge is -2.38. The van der Waals surface area contributed by atoms with Crippen molar-refractivity contribution in [2.75, 3.05) is 13.2 Å². The monoisotopic (exact) mass is 352 g/mol. The molecule has 0 radical (unpaired) electrons. The Bertz CT molecular complexity index is 676. The smallest absolute Gasteiger partial charge is 0.240 e. The molecule has 6 nitrogen and oxygen atoms in total. The molecule has 2 aromatic rings. The number of aromatic nitrogens is 2. The first-order valence-electron chi connectivity index (χ1n) is 8.01. The molecule has 2 N–H and O–H groups in total. The highest BCUT2D eigenvalue weighted by Gasteiger charge is 2.29. The quantitative estimate of drug-likeness (QED) is 0.911. The maximum absolute atomic E-state index is 6.08. The molecule has 0 aliphatic carbocycles. The van der Waals surface area contributed by atoms with Gasteiger partial charge in [-0.1, -0.05) is 28.9 Å². The largest absolute Gasteiger partial charge is 0.371 e. The van der Waals surface area contributed by atoms with Crippen molar-refractivity contribution in [1.29, 1.82) is 0 Å². The van der Waals surface area contributed by atoms with Gasteiger partial charge in [0.25, 0.3) is 0 Å². The third kappa shape index (κ3) is 4.13. The van der Waals surface area contributed by atoms with E-state index in [2.05, 4.69) is 54.0 Å². The Morgan fingerprint density at radius 3 is 2.83 bits per heavy atom. The fraction of sp³-hybridized carbons (Fsp3) is 0.529. The van der Waals surface area contributed by atoms with Crippen LogP contribution in [0.25, 0.3) is 0 Å². The van der Waals surface area contributed by atoms with E-state index in [1.54, 1.807) is 0 Å². The van der Waals surface area contributed by atoms with Crippen molar-refractivity contribution in [1.82, 2.24) is 15.0 Å². The summed E-state index contributed by atoms with van der Waals surface area (Å²) >= 11 is 0. The number of hydrogen-bond donors (Lipinski definition) is 1. The Morgan fingerprint density at radius 2 is 2.12 bits per heavy atom. The summed E-state index contributed by atoms with van der Waals surface area (Å²) in [6, 6.07) is 6.82. The Labute approximate surface area is 148 Å². The number of hydrogen-bond acceptors (Lipinski definition) is 6. The summed E-state index contributed by atoms with van der Waals surface area (Å²) in [5.41, 5.74) is 9.30. The van der Waals surface area contributed by atoms with Crippen LogP contribution in [0.2, 0.25) is 0 Å². The molecule has 1 aliphatic rings. The van der Waals surface area contributed by atoms with E-state index < -0.39 is 0 Å². The van der Waals surface area contributed by atoms with Gasteiger partial charge < -0.3 is 15.0 Å². The van der Waals surface area contributed by atoms with Gasteiger partial charge in [-0.25, -0.2) is 0 Å². The predicted molar refractivity (Wildman–Crippen MR) is 93.9 cm³/mol. The average molecular weight is 353 g/mol. The second-order valence-electron chi connectivity index (χ2n) is 6.27. The third-order valence-electron chi connectivity index (χ3n) is 4.37. The fourth-order valence-corrected chi connectivity index (χ4v) is 2.94. The molecule has 7 heteroatoms. The van der Waals surface area contributed by atoms with Crippen LogP contribution >= 0.6 is 12.4 Å². The molecular formula is C17H25ClN4O2. The molecule has 2 heterocycles. The molecule has 2 unspecified atom stereocenters. The van der Waals surface area contributed by atoms with Crippen LogP contribution in [-0.4, -0.2) is 34.2 Å². The van der Waals surface area contributed by atoms with Crippen molar-refractivity contribution in [2.45, 2.75) is 46.0 Å². The van der Waals surface area contributed by atoms with Crippen molar-refractivity contribution >= 4 is 12.4 Å². The summed E-state index contributed by atoms with van der Waals surface area (Å²) in [5.74, 6) is 1.16. The second-order valence-corrected chi connectivity index (χ2v) is 6.27. The van der Waals surface area contributed by atoms with Crippen LogP contribution in [0.4, 0.5) is 0 Å². The number of ether oxygens (including phenoxy) is 1. The molecule has 1 aromatic heterocycles. The van der Waals surface area contributed by atoms with Gasteiger partial charge in [0.05, 0.1) is 25.8 Å². The molecule has 132 valence electrons. The molecule has 0 bridgehead atoms. The number of halogens is 1. The maximum Gasteiger partial charge on any atom is 0.240 e. The molecule has 1 fully saturated rings. The molecule has 2 atom stereocenters. The van der Waals surface area contributed by atoms with Gasteiger partial charge >= 0.3 is 0 Å². The number of nitrogens with zero attached hydrogens (tertiary/aromatic N) is 3. The van der Waals surface area contributed by atoms with E-state index >= 15 is 0 Å². The van der Waals surface area contributed by atoms with Crippen LogP contribution < -0.4 is 5.73 Å². The zero-order chi connectivity index (χ0) is 16.4. The predicted octanol–water partition coefficient (Wildman–Crippen LogP) is 2.53. The van der Waals surface area contributed by atoms with Crippen molar-refractivity contribution in [2.24, 2.45) is 5.73 Å². The minimum atomic E-state index is 0. The number of nitrogens with two attached hydrogens (primary N) is 1. The van der Waals surface area contributed by atoms with Crippen LogP contribution in [0.15, 0.2) is 22.7 Å². The lowest BCUT2D eigenvalue weighted by Crippen LogP contribution is -2.44. The SMILES string of the molecule is Cc1ccc(C)c(C2CN(Cc3noc(CN)n3)C(C)CO2)c1.Cl. The molecule has 3 rings (SSSR count). The number of aryl methyl sites for hydroxylation is 2. The van der Waals surface area contributed by atoms with Gasteiger partial charge in [0.15, 0.2) is 5.82 Å². The highest BCUT2D eigenvalue weighted by Crippen LogP contribution is 2.28. The molecule has 1 saturated heterocycles. The standard InChI is InChI=1S/C17H24N4O2.ClH/c1-11-4-5-12(2)14(6-11)15-8-21(13(3)10-22-15)9-16-19-17(7-18)23-20-16;/h4-6,13,15H,7-10,18H2,1-3H3;1H. The van der Waals surface area contributed by atoms with Gasteiger partial charge in [-0.2, -0.15) is 4.98 Å². The van der Waals surface area contributed by atoms with Crippen LogP contribution in [0.1, 0.15) is 41.4 Å². The van der Waals surface area contributed by atoms with Crippen LogP contribution in [-0.2, 0) is 17.8 Å². The summed E-state index contributed by atoms with van der Waals surface area (Å²) in [7, 11) is 0. The highest BCUT2D eigenvalue weighted by atomic mass is 35.5. The van der Waals surface area contributed by atoms with Crippen LogP contribution in [0.3, 0.4) is 0 Å². The van der Waals surface area contributed by atoms with E-state index in [4.69, 9.17) is 15.0 Å². The number of rotatable bonds is 4. The van der Waals surface area contributed by atoms with Crippen molar-refractivity contribution in [3.8, 4) is 0 Å². The van der Waals surface area contributed by atoms with E-state index in [1.807, 2.05) is 0 Å². The van der Waals surface area contributed by atoms with Crippen molar-refractivity contribution in [3.05, 3.63) is 46.6 Å². The molecule has 24 heavy (non-hydrogen) atoms. The summed E-state index contributed by atoms with van der Waals surface area (Å²) in [4.78, 5) is 6.64. The van der Waals surface area contributed by atoms with E-state index in [9.17, 15) is 0 Å². The lowest BCUT2D eigenvalue weighted by molar-refractivity contribution is -0.0644. The van der Waals surface area contributed by atoms with Gasteiger partial charge in [-0.15, -0.1) is 12.4 Å². The molecule has 0 saturated carbocycles. The maximum atomic E-state index is 6.08. The Balaban J connectivity index is 0.00000208. The average Bonchev–Trinajstić information content (AvgIpc) is 3.00. The number of morpholine rings is 1. The van der Waals surface area contributed by atoms with Gasteiger partial charge in [0.2, 0.25) is 5.89 Å².